The molecule has 1 heteroatoms. The van der Waals surface area contributed by atoms with Crippen LogP contribution in [0, 0.1) is 23.2 Å². The van der Waals surface area contributed by atoms with Gasteiger partial charge in [0, 0.05) is 0 Å². The molecule has 22 heavy (non-hydrogen) atoms. The maximum absolute atomic E-state index is 3.61. The van der Waals surface area contributed by atoms with E-state index >= 15 is 0 Å². The second kappa shape index (κ2) is 11.9. The van der Waals surface area contributed by atoms with Crippen LogP contribution in [0.15, 0.2) is 24.8 Å². The first-order valence-electron chi connectivity index (χ1n) is 9.25. The van der Waals surface area contributed by atoms with E-state index in [1.165, 1.54) is 45.2 Å². The fourth-order valence-corrected chi connectivity index (χ4v) is 3.72. The lowest BCUT2D eigenvalue weighted by Gasteiger charge is -2.39. The monoisotopic (exact) mass is 307 g/mol. The van der Waals surface area contributed by atoms with Gasteiger partial charge in [0.05, 0.1) is 0 Å². The molecule has 1 aliphatic carbocycles. The first kappa shape index (κ1) is 21.4. The van der Waals surface area contributed by atoms with Crippen molar-refractivity contribution < 1.29 is 0 Å². The molecule has 0 aliphatic heterocycles. The van der Waals surface area contributed by atoms with Crippen molar-refractivity contribution in [3.8, 4) is 0 Å². The Kier molecular flexibility index (Phi) is 11.6. The Morgan fingerprint density at radius 2 is 1.91 bits per heavy atom. The second-order valence-electron chi connectivity index (χ2n) is 8.26. The highest BCUT2D eigenvalue weighted by Crippen LogP contribution is 2.42. The maximum atomic E-state index is 3.61. The molecular formula is C21H41N. The zero-order valence-corrected chi connectivity index (χ0v) is 16.1. The van der Waals surface area contributed by atoms with Crippen LogP contribution in [0.4, 0.5) is 0 Å². The predicted octanol–water partition coefficient (Wildman–Crippen LogP) is 6.22. The Bertz CT molecular complexity index is 301. The predicted molar refractivity (Wildman–Crippen MR) is 102 cm³/mol. The van der Waals surface area contributed by atoms with E-state index in [1.54, 1.807) is 6.08 Å². The van der Waals surface area contributed by atoms with Crippen LogP contribution in [0.1, 0.15) is 73.6 Å². The lowest BCUT2D eigenvalue weighted by molar-refractivity contribution is 0.127. The average Bonchev–Trinajstić information content (AvgIpc) is 2.37. The Hall–Kier alpha value is -0.560. The Morgan fingerprint density at radius 3 is 2.36 bits per heavy atom. The highest BCUT2D eigenvalue weighted by Gasteiger charge is 2.31. The van der Waals surface area contributed by atoms with Crippen LogP contribution in [0.2, 0.25) is 0 Å². The second-order valence-corrected chi connectivity index (χ2v) is 8.26. The fourth-order valence-electron chi connectivity index (χ4n) is 3.72. The molecule has 1 nitrogen and oxygen atoms in total. The summed E-state index contributed by atoms with van der Waals surface area (Å²) in [6.45, 7) is 19.8. The molecule has 0 amide bonds. The standard InChI is InChI=1S/C16H33N.C5H8/c1-13(2)6-8-17-9-7-15-10-14(3)11-16(4,5)12-15;1-3-5-4-2/h13-15,17H,6-12H2,1-5H3;3-5H,1H2,2H3/b;5-4-. The normalized spacial score (nSPS) is 24.1. The van der Waals surface area contributed by atoms with Gasteiger partial charge in [-0.1, -0.05) is 59.4 Å². The highest BCUT2D eigenvalue weighted by atomic mass is 14.8. The minimum absolute atomic E-state index is 0.584. The molecule has 0 aromatic heterocycles. The average molecular weight is 308 g/mol. The van der Waals surface area contributed by atoms with E-state index in [2.05, 4.69) is 46.5 Å². The van der Waals surface area contributed by atoms with Crippen molar-refractivity contribution in [3.05, 3.63) is 24.8 Å². The molecule has 1 saturated carbocycles. The van der Waals surface area contributed by atoms with E-state index in [1.807, 2.05) is 19.1 Å². The zero-order chi connectivity index (χ0) is 17.0. The molecule has 1 N–H and O–H groups in total. The first-order valence-corrected chi connectivity index (χ1v) is 9.25. The summed E-state index contributed by atoms with van der Waals surface area (Å²) in [4.78, 5) is 0. The van der Waals surface area contributed by atoms with E-state index < -0.39 is 0 Å². The maximum Gasteiger partial charge on any atom is -0.00463 e. The van der Waals surface area contributed by atoms with Crippen molar-refractivity contribution in [2.45, 2.75) is 73.6 Å². The lowest BCUT2D eigenvalue weighted by Crippen LogP contribution is -2.30. The van der Waals surface area contributed by atoms with Crippen LogP contribution in [0.25, 0.3) is 0 Å². The van der Waals surface area contributed by atoms with Gasteiger partial charge in [0.15, 0.2) is 0 Å². The van der Waals surface area contributed by atoms with Crippen LogP contribution in [0.3, 0.4) is 0 Å². The Balaban J connectivity index is 0.000000763. The van der Waals surface area contributed by atoms with Crippen LogP contribution in [-0.2, 0) is 0 Å². The minimum atomic E-state index is 0.584. The van der Waals surface area contributed by atoms with E-state index in [0.717, 1.165) is 17.8 Å². The van der Waals surface area contributed by atoms with E-state index in [4.69, 9.17) is 0 Å². The van der Waals surface area contributed by atoms with Gasteiger partial charge in [-0.15, -0.1) is 0 Å². The number of nitrogens with one attached hydrogen (secondary N) is 1. The summed E-state index contributed by atoms with van der Waals surface area (Å²) in [6.07, 6.45) is 12.6. The van der Waals surface area contributed by atoms with Gasteiger partial charge in [-0.25, -0.2) is 0 Å². The molecule has 1 rings (SSSR count). The van der Waals surface area contributed by atoms with Gasteiger partial charge in [-0.05, 0) is 75.3 Å². The largest absolute Gasteiger partial charge is 0.317 e. The molecule has 0 heterocycles. The molecule has 0 spiro atoms. The topological polar surface area (TPSA) is 12.0 Å². The smallest absolute Gasteiger partial charge is 0.00463 e. The molecule has 0 aromatic rings. The van der Waals surface area contributed by atoms with Crippen LogP contribution < -0.4 is 5.32 Å². The highest BCUT2D eigenvalue weighted by molar-refractivity contribution is 4.94. The van der Waals surface area contributed by atoms with Crippen LogP contribution in [0.5, 0.6) is 0 Å². The summed E-state index contributed by atoms with van der Waals surface area (Å²) in [6, 6.07) is 0. The Labute approximate surface area is 140 Å². The molecule has 2 unspecified atom stereocenters. The van der Waals surface area contributed by atoms with Crippen molar-refractivity contribution in [2.75, 3.05) is 13.1 Å². The number of hydrogen-bond acceptors (Lipinski definition) is 1. The summed E-state index contributed by atoms with van der Waals surface area (Å²) in [5, 5.41) is 3.61. The van der Waals surface area contributed by atoms with E-state index in [9.17, 15) is 0 Å². The first-order chi connectivity index (χ1) is 10.3. The summed E-state index contributed by atoms with van der Waals surface area (Å²) in [7, 11) is 0. The molecule has 0 aromatic carbocycles. The SMILES string of the molecule is C=C/C=C\C.CC(C)CCNCCC1CC(C)CC(C)(C)C1. The number of allylic oxidation sites excluding steroid dienone is 3. The van der Waals surface area contributed by atoms with Gasteiger partial charge >= 0.3 is 0 Å². The van der Waals surface area contributed by atoms with Crippen molar-refractivity contribution in [3.63, 3.8) is 0 Å². The van der Waals surface area contributed by atoms with Gasteiger partial charge in [0.1, 0.15) is 0 Å². The fraction of sp³-hybridized carbons (Fsp3) is 0.810. The number of hydrogen-bond donors (Lipinski definition) is 1. The van der Waals surface area contributed by atoms with E-state index in [-0.39, 0.29) is 0 Å². The van der Waals surface area contributed by atoms with Crippen molar-refractivity contribution in [2.24, 2.45) is 23.2 Å². The van der Waals surface area contributed by atoms with Gasteiger partial charge < -0.3 is 5.32 Å². The summed E-state index contributed by atoms with van der Waals surface area (Å²) < 4.78 is 0. The molecule has 2 atom stereocenters. The zero-order valence-electron chi connectivity index (χ0n) is 16.1. The molecule has 0 saturated heterocycles. The van der Waals surface area contributed by atoms with Gasteiger partial charge in [-0.3, -0.25) is 0 Å². The lowest BCUT2D eigenvalue weighted by atomic mass is 9.67. The molecule has 1 aliphatic rings. The van der Waals surface area contributed by atoms with Crippen LogP contribution >= 0.6 is 0 Å². The van der Waals surface area contributed by atoms with Gasteiger partial charge in [0.2, 0.25) is 0 Å². The van der Waals surface area contributed by atoms with E-state index in [0.29, 0.717) is 5.41 Å². The Morgan fingerprint density at radius 1 is 1.23 bits per heavy atom. The molecule has 0 radical (unpaired) electrons. The minimum Gasteiger partial charge on any atom is -0.317 e. The van der Waals surface area contributed by atoms with Crippen molar-refractivity contribution in [1.29, 1.82) is 0 Å². The third kappa shape index (κ3) is 12.0. The summed E-state index contributed by atoms with van der Waals surface area (Å²) >= 11 is 0. The van der Waals surface area contributed by atoms with Gasteiger partial charge in [-0.2, -0.15) is 0 Å². The third-order valence-electron chi connectivity index (χ3n) is 4.43. The van der Waals surface area contributed by atoms with Crippen molar-refractivity contribution >= 4 is 0 Å². The number of rotatable bonds is 7. The quantitative estimate of drug-likeness (QED) is 0.434. The molecular weight excluding hydrogens is 266 g/mol. The van der Waals surface area contributed by atoms with Crippen molar-refractivity contribution in [1.82, 2.24) is 5.32 Å². The third-order valence-corrected chi connectivity index (χ3v) is 4.43. The molecule has 130 valence electrons. The molecule has 1 fully saturated rings. The van der Waals surface area contributed by atoms with Crippen LogP contribution in [-0.4, -0.2) is 13.1 Å². The molecule has 0 bridgehead atoms. The summed E-state index contributed by atoms with van der Waals surface area (Å²) in [5.41, 5.74) is 0.584. The van der Waals surface area contributed by atoms with Gasteiger partial charge in [0.25, 0.3) is 0 Å². The summed E-state index contributed by atoms with van der Waals surface area (Å²) in [5.74, 6) is 2.72.